The van der Waals surface area contributed by atoms with E-state index in [0.717, 1.165) is 29.9 Å². The summed E-state index contributed by atoms with van der Waals surface area (Å²) in [7, 11) is -0.345. The molecule has 0 amide bonds. The number of nitrogens with one attached hydrogen (secondary N) is 1. The van der Waals surface area contributed by atoms with Crippen molar-refractivity contribution in [2.45, 2.75) is 39.5 Å². The van der Waals surface area contributed by atoms with Gasteiger partial charge < -0.3 is 5.32 Å². The summed E-state index contributed by atoms with van der Waals surface area (Å²) in [5.74, 6) is 1.69. The van der Waals surface area contributed by atoms with Crippen molar-refractivity contribution in [3.8, 4) is 0 Å². The first-order chi connectivity index (χ1) is 13.1. The summed E-state index contributed by atoms with van der Waals surface area (Å²) in [4.78, 5) is 18.0. The van der Waals surface area contributed by atoms with Crippen LogP contribution in [-0.2, 0) is 10.2 Å². The smallest absolute Gasteiger partial charge is 0.281 e. The van der Waals surface area contributed by atoms with E-state index in [1.165, 1.54) is 8.61 Å². The molecule has 1 saturated heterocycles. The summed E-state index contributed by atoms with van der Waals surface area (Å²) in [6, 6.07) is 3.74. The zero-order valence-corrected chi connectivity index (χ0v) is 17.8. The molecule has 0 aromatic carbocycles. The maximum absolute atomic E-state index is 12.5. The number of hydrogen-bond donors (Lipinski definition) is 1. The van der Waals surface area contributed by atoms with Crippen molar-refractivity contribution in [1.29, 1.82) is 0 Å². The van der Waals surface area contributed by atoms with E-state index in [1.54, 1.807) is 14.1 Å². The van der Waals surface area contributed by atoms with Gasteiger partial charge in [-0.2, -0.15) is 17.0 Å². The first kappa shape index (κ1) is 20.6. The Bertz CT molecular complexity index is 942. The minimum absolute atomic E-state index is 0.0518. The van der Waals surface area contributed by atoms with Gasteiger partial charge in [-0.25, -0.2) is 19.9 Å². The molecule has 1 N–H and O–H groups in total. The Morgan fingerprint density at radius 3 is 2.32 bits per heavy atom. The lowest BCUT2D eigenvalue weighted by molar-refractivity contribution is 0.293. The Morgan fingerprint density at radius 2 is 1.68 bits per heavy atom. The maximum Gasteiger partial charge on any atom is 0.281 e. The second kappa shape index (κ2) is 8.06. The van der Waals surface area contributed by atoms with Gasteiger partial charge in [0.2, 0.25) is 5.95 Å². The van der Waals surface area contributed by atoms with Gasteiger partial charge >= 0.3 is 0 Å². The predicted octanol–water partition coefficient (Wildman–Crippen LogP) is 1.92. The summed E-state index contributed by atoms with van der Waals surface area (Å²) in [6.45, 7) is 6.63. The molecule has 0 aliphatic carbocycles. The Balaban J connectivity index is 1.84. The van der Waals surface area contributed by atoms with Crippen molar-refractivity contribution in [3.63, 3.8) is 0 Å². The number of rotatable bonds is 5. The minimum Gasteiger partial charge on any atom is -0.309 e. The monoisotopic (exact) mass is 405 g/mol. The number of anilines is 2. The highest BCUT2D eigenvalue weighted by atomic mass is 32.2. The molecule has 0 spiro atoms. The highest BCUT2D eigenvalue weighted by molar-refractivity contribution is 7.86. The quantitative estimate of drug-likeness (QED) is 0.810. The molecule has 1 atom stereocenters. The molecule has 2 aromatic heterocycles. The maximum atomic E-state index is 12.5. The van der Waals surface area contributed by atoms with Crippen LogP contribution < -0.4 is 5.32 Å². The van der Waals surface area contributed by atoms with Gasteiger partial charge in [0, 0.05) is 56.3 Å². The number of hydrogen-bond acceptors (Lipinski definition) is 7. The van der Waals surface area contributed by atoms with E-state index in [-0.39, 0.29) is 5.92 Å². The lowest BCUT2D eigenvalue weighted by Crippen LogP contribution is -2.45. The summed E-state index contributed by atoms with van der Waals surface area (Å²) < 4.78 is 27.7. The third-order valence-corrected chi connectivity index (χ3v) is 6.54. The Morgan fingerprint density at radius 1 is 1.04 bits per heavy atom. The molecule has 152 valence electrons. The molecule has 0 radical (unpaired) electrons. The summed E-state index contributed by atoms with van der Waals surface area (Å²) in [6.07, 6.45) is 1.63. The largest absolute Gasteiger partial charge is 0.309 e. The molecule has 1 fully saturated rings. The van der Waals surface area contributed by atoms with Crippen LogP contribution in [0.3, 0.4) is 0 Å². The molecule has 9 nitrogen and oxygen atoms in total. The van der Waals surface area contributed by atoms with Gasteiger partial charge in [0.15, 0.2) is 0 Å². The third kappa shape index (κ3) is 4.62. The molecular weight excluding hydrogens is 378 g/mol. The topological polar surface area (TPSA) is 104 Å². The normalized spacial score (nSPS) is 18.4. The molecule has 3 rings (SSSR count). The average molecular weight is 406 g/mol. The van der Waals surface area contributed by atoms with Crippen LogP contribution >= 0.6 is 0 Å². The van der Waals surface area contributed by atoms with Crippen LogP contribution in [0.15, 0.2) is 12.1 Å². The predicted molar refractivity (Wildman–Crippen MR) is 108 cm³/mol. The molecule has 0 saturated carbocycles. The van der Waals surface area contributed by atoms with Crippen molar-refractivity contribution in [2.24, 2.45) is 0 Å². The van der Waals surface area contributed by atoms with Crippen LogP contribution in [0, 0.1) is 20.8 Å². The Labute approximate surface area is 166 Å². The number of nitrogens with zero attached hydrogens (tertiary/aromatic N) is 6. The van der Waals surface area contributed by atoms with Crippen molar-refractivity contribution >= 4 is 22.0 Å². The van der Waals surface area contributed by atoms with Crippen LogP contribution in [0.2, 0.25) is 0 Å². The zero-order chi connectivity index (χ0) is 20.5. The van der Waals surface area contributed by atoms with E-state index in [0.29, 0.717) is 30.7 Å². The van der Waals surface area contributed by atoms with Gasteiger partial charge in [-0.1, -0.05) is 0 Å². The fourth-order valence-electron chi connectivity index (χ4n) is 3.33. The first-order valence-electron chi connectivity index (χ1n) is 9.27. The molecule has 10 heteroatoms. The highest BCUT2D eigenvalue weighted by Crippen LogP contribution is 2.28. The second-order valence-electron chi connectivity index (χ2n) is 7.34. The SMILES string of the molecule is Cc1cc(C)nc(Nc2cc(C)nc([C@@H]3CCCN(S(=O)(=O)N(C)C)C3)n2)n1. The minimum atomic E-state index is -3.44. The molecule has 0 bridgehead atoms. The van der Waals surface area contributed by atoms with Crippen LogP contribution in [0.1, 0.15) is 41.7 Å². The van der Waals surface area contributed by atoms with E-state index in [1.807, 2.05) is 32.9 Å². The zero-order valence-electron chi connectivity index (χ0n) is 17.0. The van der Waals surface area contributed by atoms with E-state index in [2.05, 4.69) is 25.3 Å². The first-order valence-corrected chi connectivity index (χ1v) is 10.7. The molecule has 0 unspecified atom stereocenters. The standard InChI is InChI=1S/C18H27N7O2S/c1-12-9-13(2)21-18(20-12)23-16-10-14(3)19-17(22-16)15-7-6-8-25(11-15)28(26,27)24(4)5/h9-10,15H,6-8,11H2,1-5H3,(H,19,20,21,22,23)/t15-/m1/s1. The van der Waals surface area contributed by atoms with Crippen LogP contribution in [0.5, 0.6) is 0 Å². The van der Waals surface area contributed by atoms with Crippen LogP contribution in [0.4, 0.5) is 11.8 Å². The lowest BCUT2D eigenvalue weighted by Gasteiger charge is -2.32. The number of piperidine rings is 1. The molecular formula is C18H27N7O2S. The average Bonchev–Trinajstić information content (AvgIpc) is 2.60. The summed E-state index contributed by atoms with van der Waals surface area (Å²) >= 11 is 0. The van der Waals surface area contributed by atoms with Crippen molar-refractivity contribution < 1.29 is 8.42 Å². The van der Waals surface area contributed by atoms with Crippen molar-refractivity contribution in [3.05, 3.63) is 35.0 Å². The van der Waals surface area contributed by atoms with Gasteiger partial charge in [-0.05, 0) is 39.7 Å². The fraction of sp³-hybridized carbons (Fsp3) is 0.556. The van der Waals surface area contributed by atoms with Gasteiger partial charge in [-0.3, -0.25) is 0 Å². The summed E-state index contributed by atoms with van der Waals surface area (Å²) in [5, 5.41) is 3.15. The molecule has 28 heavy (non-hydrogen) atoms. The second-order valence-corrected chi connectivity index (χ2v) is 9.48. The Kier molecular flexibility index (Phi) is 5.92. The highest BCUT2D eigenvalue weighted by Gasteiger charge is 2.32. The number of aromatic nitrogens is 4. The van der Waals surface area contributed by atoms with E-state index < -0.39 is 10.2 Å². The van der Waals surface area contributed by atoms with E-state index in [4.69, 9.17) is 0 Å². The Hall–Kier alpha value is -2.17. The van der Waals surface area contributed by atoms with E-state index in [9.17, 15) is 8.42 Å². The van der Waals surface area contributed by atoms with Gasteiger partial charge in [0.1, 0.15) is 11.6 Å². The molecule has 2 aromatic rings. The van der Waals surface area contributed by atoms with Crippen LogP contribution in [-0.4, -0.2) is 64.1 Å². The van der Waals surface area contributed by atoms with Gasteiger partial charge in [0.25, 0.3) is 10.2 Å². The fourth-order valence-corrected chi connectivity index (χ4v) is 4.52. The molecule has 1 aliphatic rings. The summed E-state index contributed by atoms with van der Waals surface area (Å²) in [5.41, 5.74) is 2.56. The molecule has 3 heterocycles. The van der Waals surface area contributed by atoms with Crippen molar-refractivity contribution in [1.82, 2.24) is 28.5 Å². The van der Waals surface area contributed by atoms with Crippen molar-refractivity contribution in [2.75, 3.05) is 32.5 Å². The molecule has 1 aliphatic heterocycles. The third-order valence-electron chi connectivity index (χ3n) is 4.63. The number of aryl methyl sites for hydroxylation is 3. The lowest BCUT2D eigenvalue weighted by atomic mass is 9.99. The van der Waals surface area contributed by atoms with E-state index >= 15 is 0 Å². The van der Waals surface area contributed by atoms with Crippen LogP contribution in [0.25, 0.3) is 0 Å². The van der Waals surface area contributed by atoms with Gasteiger partial charge in [-0.15, -0.1) is 0 Å². The van der Waals surface area contributed by atoms with Gasteiger partial charge in [0.05, 0.1) is 0 Å².